The fourth-order valence-corrected chi connectivity index (χ4v) is 2.45. The van der Waals surface area contributed by atoms with Crippen LogP contribution in [0.3, 0.4) is 0 Å². The summed E-state index contributed by atoms with van der Waals surface area (Å²) in [5, 5.41) is 7.32. The molecule has 0 aromatic heterocycles. The molecular formula is C18H22ClN3O. The summed E-state index contributed by atoms with van der Waals surface area (Å²) in [7, 11) is 3.46. The molecule has 0 aliphatic carbocycles. The van der Waals surface area contributed by atoms with Crippen LogP contribution < -0.4 is 10.6 Å². The number of methoxy groups -OCH3 is 1. The first-order chi connectivity index (χ1) is 11.2. The van der Waals surface area contributed by atoms with Crippen molar-refractivity contribution in [2.24, 2.45) is 4.99 Å². The molecule has 0 saturated heterocycles. The number of benzene rings is 2. The van der Waals surface area contributed by atoms with Crippen molar-refractivity contribution in [3.8, 4) is 0 Å². The number of hydrogen-bond donors (Lipinski definition) is 2. The summed E-state index contributed by atoms with van der Waals surface area (Å²) in [4.78, 5) is 4.24. The molecule has 2 aromatic rings. The average Bonchev–Trinajstić information content (AvgIpc) is 2.56. The molecule has 0 aliphatic heterocycles. The number of nitrogens with zero attached hydrogens (tertiary/aromatic N) is 1. The SMILES string of the molecule is CN=C(NCc1cccc(Cl)c1)NCc1cccc(COC)c1. The number of ether oxygens (including phenoxy) is 1. The first-order valence-electron chi connectivity index (χ1n) is 7.47. The minimum Gasteiger partial charge on any atom is -0.380 e. The van der Waals surface area contributed by atoms with Gasteiger partial charge in [-0.1, -0.05) is 48.0 Å². The van der Waals surface area contributed by atoms with E-state index in [0.717, 1.165) is 22.1 Å². The van der Waals surface area contributed by atoms with E-state index in [1.54, 1.807) is 14.2 Å². The summed E-state index contributed by atoms with van der Waals surface area (Å²) in [5.74, 6) is 0.752. The van der Waals surface area contributed by atoms with Crippen LogP contribution in [0, 0.1) is 0 Å². The summed E-state index contributed by atoms with van der Waals surface area (Å²) < 4.78 is 5.16. The van der Waals surface area contributed by atoms with Gasteiger partial charge in [-0.2, -0.15) is 0 Å². The molecule has 0 unspecified atom stereocenters. The smallest absolute Gasteiger partial charge is 0.191 e. The lowest BCUT2D eigenvalue weighted by atomic mass is 10.1. The second-order valence-electron chi connectivity index (χ2n) is 5.16. The molecule has 0 radical (unpaired) electrons. The zero-order chi connectivity index (χ0) is 16.5. The Bertz CT molecular complexity index is 658. The first-order valence-corrected chi connectivity index (χ1v) is 7.85. The van der Waals surface area contributed by atoms with E-state index in [0.29, 0.717) is 19.7 Å². The van der Waals surface area contributed by atoms with E-state index in [4.69, 9.17) is 16.3 Å². The summed E-state index contributed by atoms with van der Waals surface area (Å²) in [6.07, 6.45) is 0. The minimum absolute atomic E-state index is 0.621. The topological polar surface area (TPSA) is 45.7 Å². The monoisotopic (exact) mass is 331 g/mol. The largest absolute Gasteiger partial charge is 0.380 e. The Balaban J connectivity index is 1.86. The van der Waals surface area contributed by atoms with Crippen LogP contribution in [-0.2, 0) is 24.4 Å². The molecule has 2 N–H and O–H groups in total. The van der Waals surface area contributed by atoms with E-state index in [2.05, 4.69) is 33.8 Å². The van der Waals surface area contributed by atoms with Crippen LogP contribution in [0.15, 0.2) is 53.5 Å². The van der Waals surface area contributed by atoms with Gasteiger partial charge in [-0.3, -0.25) is 4.99 Å². The Morgan fingerprint density at radius 1 is 1.00 bits per heavy atom. The molecule has 0 saturated carbocycles. The highest BCUT2D eigenvalue weighted by Crippen LogP contribution is 2.10. The highest BCUT2D eigenvalue weighted by molar-refractivity contribution is 6.30. The molecule has 0 bridgehead atoms. The predicted molar refractivity (Wildman–Crippen MR) is 95.6 cm³/mol. The minimum atomic E-state index is 0.621. The third kappa shape index (κ3) is 5.93. The lowest BCUT2D eigenvalue weighted by Gasteiger charge is -2.12. The molecule has 0 amide bonds. The van der Waals surface area contributed by atoms with Crippen molar-refractivity contribution in [2.75, 3.05) is 14.2 Å². The third-order valence-corrected chi connectivity index (χ3v) is 3.57. The van der Waals surface area contributed by atoms with Crippen LogP contribution >= 0.6 is 11.6 Å². The summed E-state index contributed by atoms with van der Waals surface area (Å²) in [6, 6.07) is 16.1. The molecule has 122 valence electrons. The second kappa shape index (κ2) is 9.18. The summed E-state index contributed by atoms with van der Waals surface area (Å²) >= 11 is 5.99. The first kappa shape index (κ1) is 17.3. The van der Waals surface area contributed by atoms with Crippen molar-refractivity contribution in [1.82, 2.24) is 10.6 Å². The van der Waals surface area contributed by atoms with Crippen molar-refractivity contribution >= 4 is 17.6 Å². The summed E-state index contributed by atoms with van der Waals surface area (Å²) in [5.41, 5.74) is 3.46. The average molecular weight is 332 g/mol. The van der Waals surface area contributed by atoms with E-state index in [-0.39, 0.29) is 0 Å². The number of halogens is 1. The maximum Gasteiger partial charge on any atom is 0.191 e. The predicted octanol–water partition coefficient (Wildman–Crippen LogP) is 3.35. The van der Waals surface area contributed by atoms with Crippen LogP contribution in [0.5, 0.6) is 0 Å². The second-order valence-corrected chi connectivity index (χ2v) is 5.60. The van der Waals surface area contributed by atoms with Gasteiger partial charge in [0.1, 0.15) is 0 Å². The lowest BCUT2D eigenvalue weighted by Crippen LogP contribution is -2.36. The molecule has 0 atom stereocenters. The van der Waals surface area contributed by atoms with Crippen LogP contribution in [0.1, 0.15) is 16.7 Å². The fourth-order valence-electron chi connectivity index (χ4n) is 2.24. The quantitative estimate of drug-likeness (QED) is 0.630. The molecule has 0 fully saturated rings. The Morgan fingerprint density at radius 3 is 2.22 bits per heavy atom. The molecular weight excluding hydrogens is 310 g/mol. The molecule has 2 aromatic carbocycles. The zero-order valence-corrected chi connectivity index (χ0v) is 14.2. The highest BCUT2D eigenvalue weighted by atomic mass is 35.5. The van der Waals surface area contributed by atoms with Crippen molar-refractivity contribution in [3.63, 3.8) is 0 Å². The van der Waals surface area contributed by atoms with Gasteiger partial charge in [0, 0.05) is 32.3 Å². The van der Waals surface area contributed by atoms with Crippen molar-refractivity contribution < 1.29 is 4.74 Å². The molecule has 23 heavy (non-hydrogen) atoms. The normalized spacial score (nSPS) is 11.3. The lowest BCUT2D eigenvalue weighted by molar-refractivity contribution is 0.185. The van der Waals surface area contributed by atoms with Crippen molar-refractivity contribution in [1.29, 1.82) is 0 Å². The zero-order valence-electron chi connectivity index (χ0n) is 13.5. The van der Waals surface area contributed by atoms with Crippen LogP contribution in [0.2, 0.25) is 5.02 Å². The van der Waals surface area contributed by atoms with Crippen molar-refractivity contribution in [2.45, 2.75) is 19.7 Å². The number of hydrogen-bond acceptors (Lipinski definition) is 2. The van der Waals surface area contributed by atoms with Gasteiger partial charge >= 0.3 is 0 Å². The van der Waals surface area contributed by atoms with Gasteiger partial charge in [-0.05, 0) is 28.8 Å². The van der Waals surface area contributed by atoms with Gasteiger partial charge in [0.05, 0.1) is 6.61 Å². The third-order valence-electron chi connectivity index (χ3n) is 3.33. The Hall–Kier alpha value is -2.04. The van der Waals surface area contributed by atoms with Gasteiger partial charge in [0.25, 0.3) is 0 Å². The van der Waals surface area contributed by atoms with Gasteiger partial charge in [-0.25, -0.2) is 0 Å². The summed E-state index contributed by atoms with van der Waals surface area (Å²) in [6.45, 7) is 1.99. The Labute approximate surface area is 142 Å². The van der Waals surface area contributed by atoms with Gasteiger partial charge in [-0.15, -0.1) is 0 Å². The Kier molecular flexibility index (Phi) is 6.91. The standard InChI is InChI=1S/C18H22ClN3O/c1-20-18(22-12-15-6-4-8-17(19)10-15)21-11-14-5-3-7-16(9-14)13-23-2/h3-10H,11-13H2,1-2H3,(H2,20,21,22). The highest BCUT2D eigenvalue weighted by Gasteiger charge is 2.01. The van der Waals surface area contributed by atoms with E-state index < -0.39 is 0 Å². The van der Waals surface area contributed by atoms with Crippen LogP contribution in [0.25, 0.3) is 0 Å². The molecule has 0 spiro atoms. The number of aliphatic imine (C=N–C) groups is 1. The van der Waals surface area contributed by atoms with E-state index >= 15 is 0 Å². The van der Waals surface area contributed by atoms with Crippen LogP contribution in [-0.4, -0.2) is 20.1 Å². The molecule has 0 heterocycles. The molecule has 4 nitrogen and oxygen atoms in total. The van der Waals surface area contributed by atoms with E-state index in [1.807, 2.05) is 30.3 Å². The van der Waals surface area contributed by atoms with Gasteiger partial charge in [0.2, 0.25) is 0 Å². The Morgan fingerprint density at radius 2 is 1.61 bits per heavy atom. The van der Waals surface area contributed by atoms with Gasteiger partial charge in [0.15, 0.2) is 5.96 Å². The molecule has 0 aliphatic rings. The number of guanidine groups is 1. The van der Waals surface area contributed by atoms with E-state index in [9.17, 15) is 0 Å². The maximum atomic E-state index is 5.99. The van der Waals surface area contributed by atoms with E-state index in [1.165, 1.54) is 5.56 Å². The molecule has 2 rings (SSSR count). The van der Waals surface area contributed by atoms with Crippen molar-refractivity contribution in [3.05, 3.63) is 70.2 Å². The van der Waals surface area contributed by atoms with Crippen LogP contribution in [0.4, 0.5) is 0 Å². The van der Waals surface area contributed by atoms with Gasteiger partial charge < -0.3 is 15.4 Å². The maximum absolute atomic E-state index is 5.99. The number of nitrogens with one attached hydrogen (secondary N) is 2. The fraction of sp³-hybridized carbons (Fsp3) is 0.278. The number of rotatable bonds is 6. The molecule has 5 heteroatoms.